The molecule has 1 amide bonds. The van der Waals surface area contributed by atoms with E-state index in [-0.39, 0.29) is 18.3 Å². The van der Waals surface area contributed by atoms with Gasteiger partial charge in [0.25, 0.3) is 5.91 Å². The van der Waals surface area contributed by atoms with Crippen molar-refractivity contribution in [3.05, 3.63) is 53.3 Å². The number of carbonyl (C=O) groups excluding carboxylic acids is 1. The van der Waals surface area contributed by atoms with Gasteiger partial charge in [0.05, 0.1) is 16.8 Å². The van der Waals surface area contributed by atoms with E-state index in [0.717, 1.165) is 18.5 Å². The zero-order chi connectivity index (χ0) is 19.9. The van der Waals surface area contributed by atoms with E-state index < -0.39 is 15.7 Å². The molecule has 4 rings (SSSR count). The third kappa shape index (κ3) is 3.63. The number of pyridine rings is 1. The van der Waals surface area contributed by atoms with Gasteiger partial charge in [-0.1, -0.05) is 6.07 Å². The molecule has 1 saturated carbocycles. The lowest BCUT2D eigenvalue weighted by Gasteiger charge is -2.22. The molecule has 146 valence electrons. The third-order valence-corrected chi connectivity index (χ3v) is 5.55. The third-order valence-electron chi connectivity index (χ3n) is 4.63. The van der Waals surface area contributed by atoms with Crippen LogP contribution in [0.2, 0.25) is 0 Å². The Morgan fingerprint density at radius 2 is 2.14 bits per heavy atom. The van der Waals surface area contributed by atoms with Gasteiger partial charge in [0, 0.05) is 17.5 Å². The van der Waals surface area contributed by atoms with Crippen molar-refractivity contribution in [1.29, 1.82) is 0 Å². The zero-order valence-corrected chi connectivity index (χ0v) is 15.9. The molecule has 1 aliphatic carbocycles. The van der Waals surface area contributed by atoms with Crippen molar-refractivity contribution in [1.82, 2.24) is 10.3 Å². The number of amidine groups is 1. The second-order valence-electron chi connectivity index (χ2n) is 6.94. The number of hydrogen-bond acceptors (Lipinski definition) is 6. The predicted molar refractivity (Wildman–Crippen MR) is 104 cm³/mol. The summed E-state index contributed by atoms with van der Waals surface area (Å²) in [7, 11) is -3.85. The molecule has 2 aromatic rings. The van der Waals surface area contributed by atoms with E-state index in [0.29, 0.717) is 22.6 Å². The minimum atomic E-state index is -3.85. The average molecular weight is 401 g/mol. The van der Waals surface area contributed by atoms with Crippen molar-refractivity contribution in [2.24, 2.45) is 10.1 Å². The quantitative estimate of drug-likeness (QED) is 0.687. The number of carbonyl (C=O) groups is 1. The second kappa shape index (κ2) is 6.48. The van der Waals surface area contributed by atoms with Crippen molar-refractivity contribution in [2.45, 2.75) is 25.3 Å². The molecule has 0 bridgehead atoms. The zero-order valence-electron chi connectivity index (χ0n) is 15.1. The van der Waals surface area contributed by atoms with Gasteiger partial charge in [0.2, 0.25) is 0 Å². The second-order valence-corrected chi connectivity index (χ2v) is 8.28. The molecule has 9 nitrogen and oxygen atoms in total. The Kier molecular flexibility index (Phi) is 4.22. The minimum absolute atomic E-state index is 0.134. The van der Waals surface area contributed by atoms with E-state index >= 15 is 0 Å². The molecule has 10 heteroatoms. The Morgan fingerprint density at radius 1 is 1.36 bits per heavy atom. The highest BCUT2D eigenvalue weighted by Crippen LogP contribution is 2.38. The van der Waals surface area contributed by atoms with E-state index in [1.54, 1.807) is 36.5 Å². The van der Waals surface area contributed by atoms with Crippen LogP contribution in [0.1, 0.15) is 34.5 Å². The van der Waals surface area contributed by atoms with Crippen molar-refractivity contribution >= 4 is 27.6 Å². The molecule has 1 aromatic heterocycles. The lowest BCUT2D eigenvalue weighted by atomic mass is 10.1. The highest BCUT2D eigenvalue weighted by molar-refractivity contribution is 7.91. The number of nitrogens with two attached hydrogens (primary N) is 1. The predicted octanol–water partition coefficient (Wildman–Crippen LogP) is 1.11. The molecule has 1 aliphatic heterocycles. The molecular formula is C18H19N5O4S. The summed E-state index contributed by atoms with van der Waals surface area (Å²) >= 11 is 0. The highest BCUT2D eigenvalue weighted by Gasteiger charge is 2.45. The summed E-state index contributed by atoms with van der Waals surface area (Å²) in [5, 5.41) is 3.02. The van der Waals surface area contributed by atoms with E-state index in [4.69, 9.17) is 10.5 Å². The summed E-state index contributed by atoms with van der Waals surface area (Å²) < 4.78 is 35.1. The van der Waals surface area contributed by atoms with Crippen molar-refractivity contribution in [3.63, 3.8) is 0 Å². The molecule has 0 saturated heterocycles. The van der Waals surface area contributed by atoms with Gasteiger partial charge in [-0.25, -0.2) is 0 Å². The SMILES string of the molecule is Cc1cc(C(=O)NC2(COc3cccc4c3C(N)=NS(=O)(=O)N4)CC2)ccn1. The van der Waals surface area contributed by atoms with E-state index in [2.05, 4.69) is 19.4 Å². The van der Waals surface area contributed by atoms with E-state index in [1.807, 2.05) is 6.92 Å². The molecule has 0 atom stereocenters. The Bertz CT molecular complexity index is 1090. The van der Waals surface area contributed by atoms with Gasteiger partial charge in [0.15, 0.2) is 5.84 Å². The fourth-order valence-electron chi connectivity index (χ4n) is 3.01. The van der Waals surface area contributed by atoms with Gasteiger partial charge in [-0.05, 0) is 44.0 Å². The smallest absolute Gasteiger partial charge is 0.344 e. The number of rotatable bonds is 5. The number of ether oxygens (including phenoxy) is 1. The number of fused-ring (bicyclic) bond motifs is 1. The van der Waals surface area contributed by atoms with Crippen LogP contribution >= 0.6 is 0 Å². The van der Waals surface area contributed by atoms with Gasteiger partial charge < -0.3 is 15.8 Å². The molecule has 0 unspecified atom stereocenters. The van der Waals surface area contributed by atoms with E-state index in [1.165, 1.54) is 0 Å². The van der Waals surface area contributed by atoms with Gasteiger partial charge in [-0.3, -0.25) is 14.5 Å². The van der Waals surface area contributed by atoms with Crippen LogP contribution in [0.3, 0.4) is 0 Å². The highest BCUT2D eigenvalue weighted by atomic mass is 32.2. The number of hydrogen-bond donors (Lipinski definition) is 3. The summed E-state index contributed by atoms with van der Waals surface area (Å²) in [4.78, 5) is 16.6. The first-order valence-electron chi connectivity index (χ1n) is 8.67. The molecule has 28 heavy (non-hydrogen) atoms. The van der Waals surface area contributed by atoms with Crippen molar-refractivity contribution in [3.8, 4) is 5.75 Å². The fourth-order valence-corrected chi connectivity index (χ4v) is 3.85. The normalized spacial score (nSPS) is 18.2. The molecule has 0 spiro atoms. The van der Waals surface area contributed by atoms with Gasteiger partial charge in [0.1, 0.15) is 12.4 Å². The molecule has 0 radical (unpaired) electrons. The maximum Gasteiger partial charge on any atom is 0.344 e. The molecule has 1 fully saturated rings. The Balaban J connectivity index is 1.49. The number of anilines is 1. The van der Waals surface area contributed by atoms with Crippen LogP contribution in [0.25, 0.3) is 0 Å². The lowest BCUT2D eigenvalue weighted by molar-refractivity contribution is 0.0912. The first-order chi connectivity index (χ1) is 13.3. The average Bonchev–Trinajstić information content (AvgIpc) is 3.38. The van der Waals surface area contributed by atoms with Crippen LogP contribution < -0.4 is 20.5 Å². The number of aryl methyl sites for hydroxylation is 1. The van der Waals surface area contributed by atoms with Gasteiger partial charge in [-0.2, -0.15) is 8.42 Å². The van der Waals surface area contributed by atoms with Gasteiger partial charge in [-0.15, -0.1) is 4.40 Å². The Labute approximate surface area is 162 Å². The summed E-state index contributed by atoms with van der Waals surface area (Å²) in [6.07, 6.45) is 3.17. The lowest BCUT2D eigenvalue weighted by Crippen LogP contribution is -2.41. The molecule has 1 aromatic carbocycles. The molecule has 2 aliphatic rings. The molecule has 2 heterocycles. The maximum atomic E-state index is 12.5. The standard InChI is InChI=1S/C18H19N5O4S/c1-11-9-12(5-8-20-11)17(24)21-18(6-7-18)10-27-14-4-2-3-13-15(14)16(19)23-28(25,26)22-13/h2-5,8-9,22H,6-7,10H2,1H3,(H2,19,23)(H,21,24). The van der Waals surface area contributed by atoms with E-state index in [9.17, 15) is 13.2 Å². The molecular weight excluding hydrogens is 382 g/mol. The van der Waals surface area contributed by atoms with Crippen molar-refractivity contribution < 1.29 is 17.9 Å². The van der Waals surface area contributed by atoms with Crippen LogP contribution in [0.4, 0.5) is 5.69 Å². The Hall–Kier alpha value is -3.14. The summed E-state index contributed by atoms with van der Waals surface area (Å²) in [5.74, 6) is 0.0856. The summed E-state index contributed by atoms with van der Waals surface area (Å²) in [6, 6.07) is 8.32. The summed E-state index contributed by atoms with van der Waals surface area (Å²) in [5.41, 5.74) is 7.38. The fraction of sp³-hybridized carbons (Fsp3) is 0.278. The first-order valence-corrected chi connectivity index (χ1v) is 10.1. The number of benzene rings is 1. The number of amides is 1. The maximum absolute atomic E-state index is 12.5. The Morgan fingerprint density at radius 3 is 2.86 bits per heavy atom. The molecule has 4 N–H and O–H groups in total. The van der Waals surface area contributed by atoms with Crippen molar-refractivity contribution in [2.75, 3.05) is 11.3 Å². The van der Waals surface area contributed by atoms with Crippen LogP contribution in [-0.4, -0.2) is 37.3 Å². The van der Waals surface area contributed by atoms with Crippen LogP contribution in [0.5, 0.6) is 5.75 Å². The first kappa shape index (κ1) is 18.2. The number of aromatic nitrogens is 1. The number of nitrogens with one attached hydrogen (secondary N) is 2. The van der Waals surface area contributed by atoms with Crippen LogP contribution in [0.15, 0.2) is 40.9 Å². The van der Waals surface area contributed by atoms with Crippen LogP contribution in [-0.2, 0) is 10.2 Å². The number of nitrogens with zero attached hydrogens (tertiary/aromatic N) is 2. The topological polar surface area (TPSA) is 136 Å². The summed E-state index contributed by atoms with van der Waals surface area (Å²) in [6.45, 7) is 2.06. The minimum Gasteiger partial charge on any atom is -0.490 e. The van der Waals surface area contributed by atoms with Crippen LogP contribution in [0, 0.1) is 6.92 Å². The largest absolute Gasteiger partial charge is 0.490 e. The van der Waals surface area contributed by atoms with Gasteiger partial charge >= 0.3 is 10.2 Å². The monoisotopic (exact) mass is 401 g/mol.